The van der Waals surface area contributed by atoms with E-state index in [0.29, 0.717) is 6.42 Å². The number of nitrogens with zero attached hydrogens (tertiary/aromatic N) is 2. The van der Waals surface area contributed by atoms with Gasteiger partial charge in [-0.3, -0.25) is 14.8 Å². The third-order valence-electron chi connectivity index (χ3n) is 3.73. The van der Waals surface area contributed by atoms with Crippen LogP contribution in [0.1, 0.15) is 18.1 Å². The maximum atomic E-state index is 11.6. The number of carbonyl (C=O) groups excluding carboxylic acids is 1. The molecule has 0 aliphatic carbocycles. The van der Waals surface area contributed by atoms with E-state index in [0.717, 1.165) is 37.5 Å². The number of hydrogen-bond donors (Lipinski definition) is 1. The fraction of sp³-hybridized carbons (Fsp3) is 0.500. The average molecular weight is 261 g/mol. The molecule has 1 atom stereocenters. The molecule has 5 heteroatoms. The topological polar surface area (TPSA) is 44.8 Å². The van der Waals surface area contributed by atoms with E-state index in [1.807, 2.05) is 24.2 Å². The maximum Gasteiger partial charge on any atom is 0.242 e. The summed E-state index contributed by atoms with van der Waals surface area (Å²) < 4.78 is 5.77. The highest BCUT2D eigenvalue weighted by Gasteiger charge is 2.26. The number of anilines is 1. The highest BCUT2D eigenvalue weighted by molar-refractivity contribution is 5.81. The second-order valence-corrected chi connectivity index (χ2v) is 4.95. The summed E-state index contributed by atoms with van der Waals surface area (Å²) in [6.45, 7) is 3.26. The lowest BCUT2D eigenvalue weighted by Gasteiger charge is -2.28. The summed E-state index contributed by atoms with van der Waals surface area (Å²) >= 11 is 0. The van der Waals surface area contributed by atoms with Crippen molar-refractivity contribution in [3.63, 3.8) is 0 Å². The molecule has 1 unspecified atom stereocenters. The fourth-order valence-electron chi connectivity index (χ4n) is 2.62. The Hall–Kier alpha value is -1.59. The predicted molar refractivity (Wildman–Crippen MR) is 72.7 cm³/mol. The molecule has 0 bridgehead atoms. The number of morpholine rings is 1. The molecule has 0 aromatic heterocycles. The van der Waals surface area contributed by atoms with Gasteiger partial charge in [0.15, 0.2) is 0 Å². The van der Waals surface area contributed by atoms with Crippen LogP contribution in [0.15, 0.2) is 24.3 Å². The Balaban J connectivity index is 1.81. The van der Waals surface area contributed by atoms with Gasteiger partial charge < -0.3 is 10.1 Å². The second kappa shape index (κ2) is 5.19. The van der Waals surface area contributed by atoms with Crippen molar-refractivity contribution >= 4 is 11.6 Å². The number of amides is 1. The van der Waals surface area contributed by atoms with Crippen LogP contribution < -0.4 is 10.3 Å². The average Bonchev–Trinajstić information content (AvgIpc) is 2.80. The minimum atomic E-state index is 0.109. The van der Waals surface area contributed by atoms with Gasteiger partial charge in [0.05, 0.1) is 18.4 Å². The molecule has 2 aliphatic heterocycles. The van der Waals surface area contributed by atoms with Crippen LogP contribution in [-0.2, 0) is 9.53 Å². The summed E-state index contributed by atoms with van der Waals surface area (Å²) in [5, 5.41) is 7.04. The zero-order valence-corrected chi connectivity index (χ0v) is 11.1. The van der Waals surface area contributed by atoms with Crippen LogP contribution in [0, 0.1) is 0 Å². The minimum absolute atomic E-state index is 0.109. The van der Waals surface area contributed by atoms with Gasteiger partial charge in [0, 0.05) is 33.1 Å². The number of ether oxygens (including phenoxy) is 1. The molecule has 5 nitrogen and oxygen atoms in total. The highest BCUT2D eigenvalue weighted by atomic mass is 16.5. The van der Waals surface area contributed by atoms with Crippen molar-refractivity contribution in [3.05, 3.63) is 29.8 Å². The molecule has 1 amide bonds. The Morgan fingerprint density at radius 3 is 3.00 bits per heavy atom. The molecular formula is C14H19N3O2. The predicted octanol–water partition coefficient (Wildman–Crippen LogP) is 0.931. The SMILES string of the molecule is CN1C(=O)CCN1c1cccc(C2CNCCO2)c1. The van der Waals surface area contributed by atoms with Gasteiger partial charge in [0.2, 0.25) is 5.91 Å². The lowest BCUT2D eigenvalue weighted by Crippen LogP contribution is -2.36. The molecular weight excluding hydrogens is 242 g/mol. The molecule has 102 valence electrons. The van der Waals surface area contributed by atoms with Crippen molar-refractivity contribution in [1.29, 1.82) is 0 Å². The first-order valence-corrected chi connectivity index (χ1v) is 6.72. The summed E-state index contributed by atoms with van der Waals surface area (Å²) in [5.41, 5.74) is 2.22. The number of hydrogen-bond acceptors (Lipinski definition) is 4. The van der Waals surface area contributed by atoms with Gasteiger partial charge in [-0.1, -0.05) is 12.1 Å². The third-order valence-corrected chi connectivity index (χ3v) is 3.73. The Labute approximate surface area is 113 Å². The first kappa shape index (κ1) is 12.4. The van der Waals surface area contributed by atoms with Gasteiger partial charge in [-0.05, 0) is 17.7 Å². The summed E-state index contributed by atoms with van der Waals surface area (Å²) in [5.74, 6) is 0.168. The Morgan fingerprint density at radius 1 is 1.42 bits per heavy atom. The largest absolute Gasteiger partial charge is 0.371 e. The molecule has 1 N–H and O–H groups in total. The third kappa shape index (κ3) is 2.43. The standard InChI is InChI=1S/C14H19N3O2/c1-16-14(18)5-7-17(16)12-4-2-3-11(9-12)13-10-15-6-8-19-13/h2-4,9,13,15H,5-8,10H2,1H3. The summed E-state index contributed by atoms with van der Waals surface area (Å²) in [6, 6.07) is 8.26. The molecule has 2 aliphatic rings. The summed E-state index contributed by atoms with van der Waals surface area (Å²) in [7, 11) is 1.82. The van der Waals surface area contributed by atoms with Gasteiger partial charge in [0.25, 0.3) is 0 Å². The van der Waals surface area contributed by atoms with Gasteiger partial charge >= 0.3 is 0 Å². The lowest BCUT2D eigenvalue weighted by molar-refractivity contribution is -0.126. The quantitative estimate of drug-likeness (QED) is 0.860. The number of rotatable bonds is 2. The molecule has 1 aromatic rings. The van der Waals surface area contributed by atoms with E-state index in [1.165, 1.54) is 0 Å². The van der Waals surface area contributed by atoms with E-state index in [2.05, 4.69) is 17.4 Å². The molecule has 2 fully saturated rings. The van der Waals surface area contributed by atoms with Crippen LogP contribution in [0.4, 0.5) is 5.69 Å². The van der Waals surface area contributed by atoms with Crippen molar-refractivity contribution in [3.8, 4) is 0 Å². The molecule has 0 spiro atoms. The number of nitrogens with one attached hydrogen (secondary N) is 1. The van der Waals surface area contributed by atoms with E-state index in [4.69, 9.17) is 4.74 Å². The zero-order chi connectivity index (χ0) is 13.2. The van der Waals surface area contributed by atoms with Gasteiger partial charge in [-0.2, -0.15) is 0 Å². The van der Waals surface area contributed by atoms with Crippen LogP contribution in [0.2, 0.25) is 0 Å². The molecule has 0 radical (unpaired) electrons. The minimum Gasteiger partial charge on any atom is -0.371 e. The van der Waals surface area contributed by atoms with E-state index in [9.17, 15) is 4.79 Å². The Morgan fingerprint density at radius 2 is 2.32 bits per heavy atom. The van der Waals surface area contributed by atoms with Crippen molar-refractivity contribution in [2.75, 3.05) is 38.3 Å². The van der Waals surface area contributed by atoms with E-state index >= 15 is 0 Å². The lowest BCUT2D eigenvalue weighted by atomic mass is 10.1. The van der Waals surface area contributed by atoms with E-state index < -0.39 is 0 Å². The van der Waals surface area contributed by atoms with Crippen LogP contribution in [-0.4, -0.2) is 44.2 Å². The van der Waals surface area contributed by atoms with Crippen LogP contribution >= 0.6 is 0 Å². The number of benzene rings is 1. The Bertz CT molecular complexity index is 472. The van der Waals surface area contributed by atoms with Crippen LogP contribution in [0.25, 0.3) is 0 Å². The Kier molecular flexibility index (Phi) is 3.40. The van der Waals surface area contributed by atoms with Crippen LogP contribution in [0.3, 0.4) is 0 Å². The molecule has 3 rings (SSSR count). The molecule has 19 heavy (non-hydrogen) atoms. The van der Waals surface area contributed by atoms with Crippen LogP contribution in [0.5, 0.6) is 0 Å². The molecule has 2 heterocycles. The summed E-state index contributed by atoms with van der Waals surface area (Å²) in [4.78, 5) is 11.6. The normalized spacial score (nSPS) is 24.1. The summed E-state index contributed by atoms with van der Waals surface area (Å²) in [6.07, 6.45) is 0.694. The zero-order valence-electron chi connectivity index (χ0n) is 11.1. The highest BCUT2D eigenvalue weighted by Crippen LogP contribution is 2.26. The number of carbonyl (C=O) groups is 1. The smallest absolute Gasteiger partial charge is 0.242 e. The maximum absolute atomic E-state index is 11.6. The molecule has 1 aromatic carbocycles. The van der Waals surface area contributed by atoms with Gasteiger partial charge in [-0.25, -0.2) is 0 Å². The van der Waals surface area contributed by atoms with Crippen molar-refractivity contribution in [2.45, 2.75) is 12.5 Å². The van der Waals surface area contributed by atoms with E-state index in [1.54, 1.807) is 5.01 Å². The monoisotopic (exact) mass is 261 g/mol. The second-order valence-electron chi connectivity index (χ2n) is 4.95. The number of hydrazine groups is 1. The van der Waals surface area contributed by atoms with Crippen molar-refractivity contribution < 1.29 is 9.53 Å². The molecule has 2 saturated heterocycles. The first-order chi connectivity index (χ1) is 9.25. The van der Waals surface area contributed by atoms with Gasteiger partial charge in [0.1, 0.15) is 0 Å². The van der Waals surface area contributed by atoms with Gasteiger partial charge in [-0.15, -0.1) is 0 Å². The van der Waals surface area contributed by atoms with Crippen molar-refractivity contribution in [2.24, 2.45) is 0 Å². The first-order valence-electron chi connectivity index (χ1n) is 6.72. The fourth-order valence-corrected chi connectivity index (χ4v) is 2.62. The molecule has 0 saturated carbocycles. The van der Waals surface area contributed by atoms with Crippen molar-refractivity contribution in [1.82, 2.24) is 10.3 Å². The van der Waals surface area contributed by atoms with E-state index in [-0.39, 0.29) is 12.0 Å².